The number of carbonyl (C=O) groups is 3. The third-order valence-electron chi connectivity index (χ3n) is 5.91. The van der Waals surface area contributed by atoms with Crippen molar-refractivity contribution in [1.82, 2.24) is 15.5 Å². The second kappa shape index (κ2) is 8.11. The number of benzene rings is 1. The predicted octanol–water partition coefficient (Wildman–Crippen LogP) is 2.79. The summed E-state index contributed by atoms with van der Waals surface area (Å²) in [5, 5.41) is 5.72. The number of amides is 4. The van der Waals surface area contributed by atoms with Gasteiger partial charge in [0.05, 0.1) is 0 Å². The van der Waals surface area contributed by atoms with Crippen LogP contribution in [0.15, 0.2) is 30.3 Å². The SMILES string of the molecule is CCC1(c2ccccc2)NC(=O)N(CC(=O)NCC2CCCC(C)C2)C1=O. The van der Waals surface area contributed by atoms with Gasteiger partial charge >= 0.3 is 6.03 Å². The van der Waals surface area contributed by atoms with E-state index in [4.69, 9.17) is 0 Å². The van der Waals surface area contributed by atoms with Crippen molar-refractivity contribution in [3.8, 4) is 0 Å². The molecule has 1 aromatic carbocycles. The normalized spacial score (nSPS) is 28.1. The van der Waals surface area contributed by atoms with Crippen LogP contribution in [0.2, 0.25) is 0 Å². The molecule has 2 N–H and O–H groups in total. The summed E-state index contributed by atoms with van der Waals surface area (Å²) in [4.78, 5) is 38.8. The molecule has 0 bridgehead atoms. The van der Waals surface area contributed by atoms with Crippen LogP contribution in [0, 0.1) is 11.8 Å². The van der Waals surface area contributed by atoms with E-state index in [9.17, 15) is 14.4 Å². The van der Waals surface area contributed by atoms with Crippen LogP contribution in [0.1, 0.15) is 51.5 Å². The van der Waals surface area contributed by atoms with E-state index in [0.717, 1.165) is 23.3 Å². The number of urea groups is 1. The van der Waals surface area contributed by atoms with Gasteiger partial charge in [-0.1, -0.05) is 57.0 Å². The van der Waals surface area contributed by atoms with Crippen molar-refractivity contribution < 1.29 is 14.4 Å². The molecule has 1 saturated heterocycles. The van der Waals surface area contributed by atoms with Crippen LogP contribution in [0.3, 0.4) is 0 Å². The van der Waals surface area contributed by atoms with Gasteiger partial charge in [-0.25, -0.2) is 4.79 Å². The minimum absolute atomic E-state index is 0.235. The van der Waals surface area contributed by atoms with Gasteiger partial charge in [0.15, 0.2) is 0 Å². The minimum atomic E-state index is -1.09. The van der Waals surface area contributed by atoms with Crippen molar-refractivity contribution in [3.05, 3.63) is 35.9 Å². The highest BCUT2D eigenvalue weighted by molar-refractivity contribution is 6.09. The van der Waals surface area contributed by atoms with Crippen molar-refractivity contribution in [1.29, 1.82) is 0 Å². The second-order valence-corrected chi connectivity index (χ2v) is 7.89. The zero-order valence-corrected chi connectivity index (χ0v) is 16.2. The maximum absolute atomic E-state index is 13.0. The molecule has 0 aromatic heterocycles. The van der Waals surface area contributed by atoms with Gasteiger partial charge in [0, 0.05) is 6.54 Å². The standard InChI is InChI=1S/C21H29N3O3/c1-3-21(17-10-5-4-6-11-17)19(26)24(20(27)23-21)14-18(25)22-13-16-9-7-8-15(2)12-16/h4-6,10-11,15-16H,3,7-9,12-14H2,1-2H3,(H,22,25)(H,23,27). The van der Waals surface area contributed by atoms with E-state index in [2.05, 4.69) is 17.6 Å². The Hall–Kier alpha value is -2.37. The molecule has 1 aliphatic carbocycles. The van der Waals surface area contributed by atoms with Gasteiger partial charge in [0.2, 0.25) is 5.91 Å². The van der Waals surface area contributed by atoms with Gasteiger partial charge in [0.25, 0.3) is 5.91 Å². The second-order valence-electron chi connectivity index (χ2n) is 7.89. The molecule has 0 radical (unpaired) electrons. The molecule has 0 spiro atoms. The first-order valence-corrected chi connectivity index (χ1v) is 9.92. The fraction of sp³-hybridized carbons (Fsp3) is 0.571. The van der Waals surface area contributed by atoms with Crippen LogP contribution >= 0.6 is 0 Å². The summed E-state index contributed by atoms with van der Waals surface area (Å²) in [6.07, 6.45) is 5.13. The van der Waals surface area contributed by atoms with Crippen LogP contribution in [0.25, 0.3) is 0 Å². The van der Waals surface area contributed by atoms with E-state index < -0.39 is 11.6 Å². The summed E-state index contributed by atoms with van der Waals surface area (Å²) in [6.45, 7) is 4.49. The topological polar surface area (TPSA) is 78.5 Å². The zero-order chi connectivity index (χ0) is 19.4. The molecule has 6 nitrogen and oxygen atoms in total. The third kappa shape index (κ3) is 3.99. The van der Waals surface area contributed by atoms with Gasteiger partial charge in [-0.2, -0.15) is 0 Å². The van der Waals surface area contributed by atoms with Gasteiger partial charge in [-0.05, 0) is 36.7 Å². The van der Waals surface area contributed by atoms with E-state index in [-0.39, 0.29) is 18.4 Å². The lowest BCUT2D eigenvalue weighted by Gasteiger charge is -2.27. The van der Waals surface area contributed by atoms with E-state index in [1.165, 1.54) is 12.8 Å². The molecule has 1 aliphatic heterocycles. The van der Waals surface area contributed by atoms with E-state index in [1.807, 2.05) is 37.3 Å². The average Bonchev–Trinajstić information content (AvgIpc) is 2.92. The van der Waals surface area contributed by atoms with Gasteiger partial charge in [-0.3, -0.25) is 14.5 Å². The number of rotatable bonds is 6. The van der Waals surface area contributed by atoms with Crippen LogP contribution in [0.4, 0.5) is 4.79 Å². The summed E-state index contributed by atoms with van der Waals surface area (Å²) in [7, 11) is 0. The predicted molar refractivity (Wildman–Crippen MR) is 103 cm³/mol. The van der Waals surface area contributed by atoms with E-state index in [1.54, 1.807) is 0 Å². The lowest BCUT2D eigenvalue weighted by atomic mass is 9.82. The molecular formula is C21H29N3O3. The number of nitrogens with zero attached hydrogens (tertiary/aromatic N) is 1. The Kier molecular flexibility index (Phi) is 5.82. The zero-order valence-electron chi connectivity index (χ0n) is 16.2. The number of imide groups is 1. The first-order chi connectivity index (χ1) is 13.0. The van der Waals surface area contributed by atoms with Gasteiger partial charge in [-0.15, -0.1) is 0 Å². The number of carbonyl (C=O) groups excluding carboxylic acids is 3. The molecule has 6 heteroatoms. The third-order valence-corrected chi connectivity index (χ3v) is 5.91. The fourth-order valence-corrected chi connectivity index (χ4v) is 4.33. The molecule has 4 amide bonds. The Labute approximate surface area is 160 Å². The number of hydrogen-bond donors (Lipinski definition) is 2. The van der Waals surface area contributed by atoms with Crippen molar-refractivity contribution in [3.63, 3.8) is 0 Å². The number of hydrogen-bond acceptors (Lipinski definition) is 3. The van der Waals surface area contributed by atoms with Crippen molar-refractivity contribution in [2.45, 2.75) is 51.5 Å². The largest absolute Gasteiger partial charge is 0.354 e. The lowest BCUT2D eigenvalue weighted by Crippen LogP contribution is -2.45. The fourth-order valence-electron chi connectivity index (χ4n) is 4.33. The molecule has 1 saturated carbocycles. The number of nitrogens with one attached hydrogen (secondary N) is 2. The van der Waals surface area contributed by atoms with Crippen LogP contribution in [-0.4, -0.2) is 35.8 Å². The van der Waals surface area contributed by atoms with Gasteiger partial charge < -0.3 is 10.6 Å². The average molecular weight is 371 g/mol. The minimum Gasteiger partial charge on any atom is -0.354 e. The maximum atomic E-state index is 13.0. The van der Waals surface area contributed by atoms with Crippen LogP contribution in [0.5, 0.6) is 0 Å². The highest BCUT2D eigenvalue weighted by atomic mass is 16.2. The Balaban J connectivity index is 1.62. The smallest absolute Gasteiger partial charge is 0.325 e. The van der Waals surface area contributed by atoms with Gasteiger partial charge in [0.1, 0.15) is 12.1 Å². The molecule has 2 fully saturated rings. The Morgan fingerprint density at radius 1 is 1.26 bits per heavy atom. The first kappa shape index (κ1) is 19.4. The molecule has 146 valence electrons. The van der Waals surface area contributed by atoms with Crippen molar-refractivity contribution >= 4 is 17.8 Å². The summed E-state index contributed by atoms with van der Waals surface area (Å²) >= 11 is 0. The summed E-state index contributed by atoms with van der Waals surface area (Å²) in [6, 6.07) is 8.70. The Bertz CT molecular complexity index is 706. The molecule has 2 aliphatic rings. The monoisotopic (exact) mass is 371 g/mol. The maximum Gasteiger partial charge on any atom is 0.325 e. The molecular weight excluding hydrogens is 342 g/mol. The summed E-state index contributed by atoms with van der Waals surface area (Å²) in [5.74, 6) is 0.543. The first-order valence-electron chi connectivity index (χ1n) is 9.92. The molecule has 3 unspecified atom stereocenters. The molecule has 3 rings (SSSR count). The van der Waals surface area contributed by atoms with Crippen LogP contribution < -0.4 is 10.6 Å². The highest BCUT2D eigenvalue weighted by Crippen LogP contribution is 2.32. The van der Waals surface area contributed by atoms with E-state index >= 15 is 0 Å². The lowest BCUT2D eigenvalue weighted by molar-refractivity contribution is -0.135. The molecule has 3 atom stereocenters. The van der Waals surface area contributed by atoms with Crippen molar-refractivity contribution in [2.24, 2.45) is 11.8 Å². The quantitative estimate of drug-likeness (QED) is 0.755. The highest BCUT2D eigenvalue weighted by Gasteiger charge is 2.51. The van der Waals surface area contributed by atoms with Crippen molar-refractivity contribution in [2.75, 3.05) is 13.1 Å². The van der Waals surface area contributed by atoms with Crippen LogP contribution in [-0.2, 0) is 15.1 Å². The molecule has 1 aromatic rings. The molecule has 1 heterocycles. The van der Waals surface area contributed by atoms with E-state index in [0.29, 0.717) is 24.8 Å². The summed E-state index contributed by atoms with van der Waals surface area (Å²) in [5.41, 5.74) is -0.345. The summed E-state index contributed by atoms with van der Waals surface area (Å²) < 4.78 is 0. The Morgan fingerprint density at radius 3 is 2.67 bits per heavy atom. The Morgan fingerprint density at radius 2 is 2.00 bits per heavy atom. The molecule has 27 heavy (non-hydrogen) atoms.